The third kappa shape index (κ3) is 6.51. The zero-order valence-electron chi connectivity index (χ0n) is 18.9. The number of amides is 2. The molecule has 0 heterocycles. The summed E-state index contributed by atoms with van der Waals surface area (Å²) >= 11 is 0. The van der Waals surface area contributed by atoms with Crippen molar-refractivity contribution in [1.29, 1.82) is 0 Å². The second-order valence-corrected chi connectivity index (χ2v) is 8.77. The highest BCUT2D eigenvalue weighted by Gasteiger charge is 2.45. The van der Waals surface area contributed by atoms with Crippen molar-refractivity contribution in [3.05, 3.63) is 71.3 Å². The van der Waals surface area contributed by atoms with E-state index in [0.717, 1.165) is 16.7 Å². The number of hydrogen-bond acceptors (Lipinski definition) is 4. The Bertz CT molecular complexity index is 939. The minimum atomic E-state index is -2.76. The Balaban J connectivity index is 1.67. The number of alkyl carbamates (subject to hydrolysis) is 1. The van der Waals surface area contributed by atoms with Gasteiger partial charge in [0.25, 0.3) is 0 Å². The van der Waals surface area contributed by atoms with Gasteiger partial charge in [-0.1, -0.05) is 54.6 Å². The summed E-state index contributed by atoms with van der Waals surface area (Å²) in [6.45, 7) is 3.47. The van der Waals surface area contributed by atoms with Gasteiger partial charge < -0.3 is 21.1 Å². The van der Waals surface area contributed by atoms with Gasteiger partial charge in [0, 0.05) is 18.9 Å². The van der Waals surface area contributed by atoms with Crippen LogP contribution >= 0.6 is 0 Å². The summed E-state index contributed by atoms with van der Waals surface area (Å²) in [5, 5.41) is 5.45. The lowest BCUT2D eigenvalue weighted by molar-refractivity contribution is -0.127. The van der Waals surface area contributed by atoms with E-state index < -0.39 is 29.5 Å². The Hall–Kier alpha value is -3.00. The summed E-state index contributed by atoms with van der Waals surface area (Å²) in [5.74, 6) is -3.22. The van der Waals surface area contributed by atoms with Gasteiger partial charge in [0.1, 0.15) is 12.6 Å². The van der Waals surface area contributed by atoms with Crippen LogP contribution in [-0.2, 0) is 21.7 Å². The van der Waals surface area contributed by atoms with Gasteiger partial charge in [0.2, 0.25) is 11.8 Å². The maximum atomic E-state index is 13.9. The molecule has 3 rings (SSSR count). The fourth-order valence-corrected chi connectivity index (χ4v) is 3.99. The maximum Gasteiger partial charge on any atom is 0.408 e. The molecule has 1 aliphatic rings. The summed E-state index contributed by atoms with van der Waals surface area (Å²) in [6.07, 6.45) is -1.21. The van der Waals surface area contributed by atoms with E-state index in [2.05, 4.69) is 10.6 Å². The zero-order chi connectivity index (χ0) is 24.1. The van der Waals surface area contributed by atoms with Crippen molar-refractivity contribution in [2.75, 3.05) is 0 Å². The highest BCUT2D eigenvalue weighted by atomic mass is 19.3. The minimum Gasteiger partial charge on any atom is -0.445 e. The molecule has 2 aromatic carbocycles. The molecule has 6 nitrogen and oxygen atoms in total. The Morgan fingerprint density at radius 2 is 1.61 bits per heavy atom. The standard InChI is InChI=1S/C25H31F2N3O3/c1-17(28)20-8-10-21(11-9-20)24(12-14-25(26,27)15-13-24)30-22(31)18(2)29-23(32)33-16-19-6-4-3-5-7-19/h3-11,17-18H,12-16,28H2,1-2H3,(H,29,32)(H,30,31)/t17-,18+/m0/s1. The molecule has 1 fully saturated rings. The van der Waals surface area contributed by atoms with Crippen LogP contribution in [0.1, 0.15) is 62.3 Å². The first-order chi connectivity index (χ1) is 15.6. The topological polar surface area (TPSA) is 93.5 Å². The quantitative estimate of drug-likeness (QED) is 0.567. The molecule has 1 aliphatic carbocycles. The number of ether oxygens (including phenoxy) is 1. The monoisotopic (exact) mass is 459 g/mol. The van der Waals surface area contributed by atoms with Gasteiger partial charge in [-0.25, -0.2) is 13.6 Å². The van der Waals surface area contributed by atoms with Gasteiger partial charge in [-0.15, -0.1) is 0 Å². The third-order valence-corrected chi connectivity index (χ3v) is 6.13. The number of alkyl halides is 2. The van der Waals surface area contributed by atoms with Crippen LogP contribution in [0.4, 0.5) is 13.6 Å². The van der Waals surface area contributed by atoms with Gasteiger partial charge in [-0.2, -0.15) is 0 Å². The lowest BCUT2D eigenvalue weighted by Crippen LogP contribution is -2.55. The molecule has 0 bridgehead atoms. The summed E-state index contributed by atoms with van der Waals surface area (Å²) in [4.78, 5) is 25.1. The number of carbonyl (C=O) groups is 2. The van der Waals surface area contributed by atoms with E-state index in [1.54, 1.807) is 0 Å². The first-order valence-electron chi connectivity index (χ1n) is 11.1. The number of carbonyl (C=O) groups excluding carboxylic acids is 2. The van der Waals surface area contributed by atoms with E-state index in [1.165, 1.54) is 6.92 Å². The average Bonchev–Trinajstić information content (AvgIpc) is 2.80. The van der Waals surface area contributed by atoms with Crippen molar-refractivity contribution >= 4 is 12.0 Å². The summed E-state index contributed by atoms with van der Waals surface area (Å²) in [7, 11) is 0. The first kappa shape index (κ1) is 24.6. The minimum absolute atomic E-state index is 0.0753. The van der Waals surface area contributed by atoms with Gasteiger partial charge in [-0.3, -0.25) is 4.79 Å². The number of hydrogen-bond donors (Lipinski definition) is 3. The van der Waals surface area contributed by atoms with E-state index in [0.29, 0.717) is 0 Å². The molecule has 8 heteroatoms. The average molecular weight is 460 g/mol. The fraction of sp³-hybridized carbons (Fsp3) is 0.440. The molecule has 0 aromatic heterocycles. The Labute approximate surface area is 192 Å². The number of halogens is 2. The van der Waals surface area contributed by atoms with Crippen LogP contribution < -0.4 is 16.4 Å². The molecule has 0 aliphatic heterocycles. The SMILES string of the molecule is C[C@H](N)c1ccc(C2(NC(=O)[C@@H](C)NC(=O)OCc3ccccc3)CCC(F)(F)CC2)cc1. The molecule has 0 radical (unpaired) electrons. The van der Waals surface area contributed by atoms with Crippen molar-refractivity contribution in [2.24, 2.45) is 5.73 Å². The van der Waals surface area contributed by atoms with E-state index in [1.807, 2.05) is 61.5 Å². The lowest BCUT2D eigenvalue weighted by Gasteiger charge is -2.42. The van der Waals surface area contributed by atoms with Crippen molar-refractivity contribution in [3.63, 3.8) is 0 Å². The van der Waals surface area contributed by atoms with Crippen LogP contribution in [0.5, 0.6) is 0 Å². The van der Waals surface area contributed by atoms with Crippen LogP contribution in [0.3, 0.4) is 0 Å². The van der Waals surface area contributed by atoms with Crippen LogP contribution in [0.25, 0.3) is 0 Å². The molecule has 0 unspecified atom stereocenters. The van der Waals surface area contributed by atoms with Crippen molar-refractivity contribution in [3.8, 4) is 0 Å². The van der Waals surface area contributed by atoms with Crippen LogP contribution in [0.2, 0.25) is 0 Å². The molecule has 0 spiro atoms. The van der Waals surface area contributed by atoms with E-state index in [4.69, 9.17) is 10.5 Å². The Kier molecular flexibility index (Phi) is 7.68. The third-order valence-electron chi connectivity index (χ3n) is 6.13. The molecule has 4 N–H and O–H groups in total. The van der Waals surface area contributed by atoms with Crippen molar-refractivity contribution < 1.29 is 23.1 Å². The highest BCUT2D eigenvalue weighted by molar-refractivity contribution is 5.86. The fourth-order valence-electron chi connectivity index (χ4n) is 3.99. The highest BCUT2D eigenvalue weighted by Crippen LogP contribution is 2.44. The van der Waals surface area contributed by atoms with E-state index in [-0.39, 0.29) is 38.3 Å². The smallest absolute Gasteiger partial charge is 0.408 e. The first-order valence-corrected chi connectivity index (χ1v) is 11.1. The summed E-state index contributed by atoms with van der Waals surface area (Å²) in [5.41, 5.74) is 7.45. The van der Waals surface area contributed by atoms with Gasteiger partial charge in [0.05, 0.1) is 5.54 Å². The zero-order valence-corrected chi connectivity index (χ0v) is 18.9. The molecule has 33 heavy (non-hydrogen) atoms. The molecule has 0 saturated heterocycles. The lowest BCUT2D eigenvalue weighted by atomic mass is 9.74. The van der Waals surface area contributed by atoms with Gasteiger partial charge in [-0.05, 0) is 43.4 Å². The van der Waals surface area contributed by atoms with Gasteiger partial charge in [0.15, 0.2) is 0 Å². The van der Waals surface area contributed by atoms with Crippen molar-refractivity contribution in [2.45, 2.75) is 69.7 Å². The van der Waals surface area contributed by atoms with Crippen molar-refractivity contribution in [1.82, 2.24) is 10.6 Å². The second kappa shape index (κ2) is 10.3. The summed E-state index contributed by atoms with van der Waals surface area (Å²) < 4.78 is 33.0. The Morgan fingerprint density at radius 3 is 2.18 bits per heavy atom. The molecule has 2 atom stereocenters. The van der Waals surface area contributed by atoms with E-state index >= 15 is 0 Å². The molecule has 2 aromatic rings. The Morgan fingerprint density at radius 1 is 1.00 bits per heavy atom. The molecule has 2 amide bonds. The van der Waals surface area contributed by atoms with E-state index in [9.17, 15) is 18.4 Å². The predicted octanol–water partition coefficient (Wildman–Crippen LogP) is 4.54. The van der Waals surface area contributed by atoms with Crippen LogP contribution in [0, 0.1) is 0 Å². The molecule has 178 valence electrons. The normalized spacial score (nSPS) is 18.6. The molecule has 1 saturated carbocycles. The predicted molar refractivity (Wildman–Crippen MR) is 122 cm³/mol. The van der Waals surface area contributed by atoms with Crippen LogP contribution in [-0.4, -0.2) is 24.0 Å². The number of nitrogens with two attached hydrogens (primary N) is 1. The number of benzene rings is 2. The largest absolute Gasteiger partial charge is 0.445 e. The second-order valence-electron chi connectivity index (χ2n) is 8.77. The molecular weight excluding hydrogens is 428 g/mol. The number of nitrogens with one attached hydrogen (secondary N) is 2. The maximum absolute atomic E-state index is 13.9. The van der Waals surface area contributed by atoms with Gasteiger partial charge >= 0.3 is 6.09 Å². The molecular formula is C25H31F2N3O3. The summed E-state index contributed by atoms with van der Waals surface area (Å²) in [6, 6.07) is 15.5. The van der Waals surface area contributed by atoms with Crippen LogP contribution in [0.15, 0.2) is 54.6 Å². The number of rotatable bonds is 7.